The zero-order chi connectivity index (χ0) is 21.8. The summed E-state index contributed by atoms with van der Waals surface area (Å²) in [5, 5.41) is 6.76. The van der Waals surface area contributed by atoms with Crippen LogP contribution < -0.4 is 11.1 Å². The molecule has 2 rings (SSSR count). The fourth-order valence-corrected chi connectivity index (χ4v) is 3.31. The van der Waals surface area contributed by atoms with Gasteiger partial charge < -0.3 is 15.6 Å². The molecule has 1 heterocycles. The minimum atomic E-state index is -0.541. The molecule has 0 spiro atoms. The summed E-state index contributed by atoms with van der Waals surface area (Å²) < 4.78 is 5.25. The Morgan fingerprint density at radius 3 is 2.26 bits per heavy atom. The molecule has 0 unspecified atom stereocenters. The summed E-state index contributed by atoms with van der Waals surface area (Å²) in [6, 6.07) is 7.79. The molecule has 1 aromatic carbocycles. The van der Waals surface area contributed by atoms with Gasteiger partial charge in [0.25, 0.3) is 0 Å². The van der Waals surface area contributed by atoms with Crippen molar-refractivity contribution in [2.75, 3.05) is 0 Å². The van der Waals surface area contributed by atoms with Crippen LogP contribution in [0.3, 0.4) is 0 Å². The van der Waals surface area contributed by atoms with E-state index in [1.54, 1.807) is 0 Å². The summed E-state index contributed by atoms with van der Waals surface area (Å²) >= 11 is 0. The molecule has 0 aliphatic heterocycles. The smallest absolute Gasteiger partial charge is 0.246 e. The molecule has 7 heteroatoms. The fourth-order valence-electron chi connectivity index (χ4n) is 3.31. The lowest BCUT2D eigenvalue weighted by Gasteiger charge is -2.14. The zero-order valence-corrected chi connectivity index (χ0v) is 20.0. The highest BCUT2D eigenvalue weighted by atomic mass is 35.5. The van der Waals surface area contributed by atoms with Crippen molar-refractivity contribution in [3.63, 3.8) is 0 Å². The number of amides is 1. The van der Waals surface area contributed by atoms with E-state index >= 15 is 0 Å². The van der Waals surface area contributed by atoms with E-state index in [4.69, 9.17) is 10.3 Å². The van der Waals surface area contributed by atoms with Crippen molar-refractivity contribution in [3.05, 3.63) is 35.7 Å². The molecule has 3 N–H and O–H groups in total. The van der Waals surface area contributed by atoms with Crippen LogP contribution >= 0.6 is 12.4 Å². The molecule has 0 aliphatic rings. The highest BCUT2D eigenvalue weighted by molar-refractivity contribution is 5.85. The van der Waals surface area contributed by atoms with Gasteiger partial charge in [-0.15, -0.1) is 12.4 Å². The average molecular weight is 451 g/mol. The Morgan fingerprint density at radius 1 is 1.03 bits per heavy atom. The van der Waals surface area contributed by atoms with Crippen LogP contribution in [-0.2, 0) is 17.8 Å². The number of benzene rings is 1. The van der Waals surface area contributed by atoms with Gasteiger partial charge in [-0.25, -0.2) is 0 Å². The number of carbonyl (C=O) groups excluding carboxylic acids is 1. The number of nitrogens with zero attached hydrogens (tertiary/aromatic N) is 2. The number of nitrogens with two attached hydrogens (primary N) is 1. The minimum absolute atomic E-state index is 0. The van der Waals surface area contributed by atoms with Crippen molar-refractivity contribution in [3.8, 4) is 11.4 Å². The second-order valence-electron chi connectivity index (χ2n) is 8.42. The van der Waals surface area contributed by atoms with Crippen LogP contribution in [0.15, 0.2) is 28.8 Å². The molecule has 0 bridgehead atoms. The topological polar surface area (TPSA) is 94.0 Å². The largest absolute Gasteiger partial charge is 0.346 e. The Hall–Kier alpha value is -1.92. The molecule has 0 fully saturated rings. The maximum Gasteiger partial charge on any atom is 0.246 e. The van der Waals surface area contributed by atoms with Gasteiger partial charge in [-0.05, 0) is 24.3 Å². The molecule has 6 nitrogen and oxygen atoms in total. The summed E-state index contributed by atoms with van der Waals surface area (Å²) in [6.07, 6.45) is 11.8. The molecular weight excluding hydrogens is 412 g/mol. The van der Waals surface area contributed by atoms with E-state index < -0.39 is 6.04 Å². The van der Waals surface area contributed by atoms with Crippen molar-refractivity contribution >= 4 is 18.3 Å². The molecular formula is C24H39ClN4O2. The molecule has 174 valence electrons. The van der Waals surface area contributed by atoms with Gasteiger partial charge in [0.1, 0.15) is 0 Å². The van der Waals surface area contributed by atoms with Crippen molar-refractivity contribution in [1.29, 1.82) is 0 Å². The van der Waals surface area contributed by atoms with Crippen LogP contribution in [0.4, 0.5) is 0 Å². The van der Waals surface area contributed by atoms with Crippen molar-refractivity contribution in [2.24, 2.45) is 11.7 Å². The second-order valence-corrected chi connectivity index (χ2v) is 8.42. The summed E-state index contributed by atoms with van der Waals surface area (Å²) in [6.45, 7) is 6.26. The fraction of sp³-hybridized carbons (Fsp3) is 0.625. The van der Waals surface area contributed by atoms with Gasteiger partial charge in [0.15, 0.2) is 0 Å². The first-order valence-electron chi connectivity index (χ1n) is 11.5. The Kier molecular flexibility index (Phi) is 13.1. The number of hydrogen-bond acceptors (Lipinski definition) is 5. The number of nitrogens with one attached hydrogen (secondary N) is 1. The highest BCUT2D eigenvalue weighted by Crippen LogP contribution is 2.18. The summed E-state index contributed by atoms with van der Waals surface area (Å²) in [5.41, 5.74) is 8.08. The molecule has 1 atom stereocenters. The third-order valence-corrected chi connectivity index (χ3v) is 5.43. The van der Waals surface area contributed by atoms with Gasteiger partial charge in [0.2, 0.25) is 17.6 Å². The third-order valence-electron chi connectivity index (χ3n) is 5.43. The van der Waals surface area contributed by atoms with Crippen LogP contribution in [0.2, 0.25) is 0 Å². The maximum atomic E-state index is 11.9. The van der Waals surface area contributed by atoms with Crippen LogP contribution in [0.25, 0.3) is 11.4 Å². The summed E-state index contributed by atoms with van der Waals surface area (Å²) in [7, 11) is 0. The van der Waals surface area contributed by atoms with Crippen LogP contribution in [0, 0.1) is 5.92 Å². The first-order chi connectivity index (χ1) is 14.5. The normalized spacial score (nSPS) is 11.9. The number of hydrogen-bond donors (Lipinski definition) is 2. The molecule has 1 aromatic heterocycles. The molecule has 1 amide bonds. The second kappa shape index (κ2) is 15.0. The highest BCUT2D eigenvalue weighted by Gasteiger charge is 2.18. The van der Waals surface area contributed by atoms with Crippen LogP contribution in [-0.4, -0.2) is 22.1 Å². The van der Waals surface area contributed by atoms with E-state index in [0.29, 0.717) is 11.7 Å². The van der Waals surface area contributed by atoms with Gasteiger partial charge in [-0.2, -0.15) is 4.98 Å². The number of aromatic nitrogens is 2. The van der Waals surface area contributed by atoms with E-state index in [2.05, 4.69) is 34.5 Å². The monoisotopic (exact) mass is 450 g/mol. The summed E-state index contributed by atoms with van der Waals surface area (Å²) in [5.74, 6) is 0.769. The van der Waals surface area contributed by atoms with Gasteiger partial charge in [-0.1, -0.05) is 95.1 Å². The Balaban J connectivity index is 0.00000480. The van der Waals surface area contributed by atoms with Gasteiger partial charge >= 0.3 is 0 Å². The van der Waals surface area contributed by atoms with Crippen molar-refractivity contribution in [1.82, 2.24) is 15.5 Å². The lowest BCUT2D eigenvalue weighted by molar-refractivity contribution is -0.123. The number of aryl methyl sites for hydroxylation is 1. The Labute approximate surface area is 193 Å². The van der Waals surface area contributed by atoms with E-state index in [-0.39, 0.29) is 30.8 Å². The Morgan fingerprint density at radius 2 is 1.65 bits per heavy atom. The van der Waals surface area contributed by atoms with E-state index in [1.807, 2.05) is 26.0 Å². The predicted molar refractivity (Wildman–Crippen MR) is 128 cm³/mol. The predicted octanol–water partition coefficient (Wildman–Crippen LogP) is 5.44. The SMILES string of the molecule is CCCCCCCCCCc1ccc(-c2noc(CNC(=O)[C@@H](N)C(C)C)n2)cc1.Cl. The van der Waals surface area contributed by atoms with Crippen molar-refractivity contribution in [2.45, 2.75) is 91.1 Å². The van der Waals surface area contributed by atoms with Gasteiger partial charge in [0, 0.05) is 5.56 Å². The number of unbranched alkanes of at least 4 members (excludes halogenated alkanes) is 7. The first kappa shape index (κ1) is 27.1. The zero-order valence-electron chi connectivity index (χ0n) is 19.2. The molecule has 31 heavy (non-hydrogen) atoms. The third kappa shape index (κ3) is 9.83. The van der Waals surface area contributed by atoms with E-state index in [0.717, 1.165) is 12.0 Å². The average Bonchev–Trinajstić information content (AvgIpc) is 3.22. The quantitative estimate of drug-likeness (QED) is 0.373. The van der Waals surface area contributed by atoms with Crippen molar-refractivity contribution < 1.29 is 9.32 Å². The van der Waals surface area contributed by atoms with Gasteiger partial charge in [0.05, 0.1) is 12.6 Å². The lowest BCUT2D eigenvalue weighted by Crippen LogP contribution is -2.43. The molecule has 0 aliphatic carbocycles. The standard InChI is InChI=1S/C24H38N4O2.ClH/c1-4-5-6-7-8-9-10-11-12-19-13-15-20(16-14-19)23-27-21(30-28-23)17-26-24(29)22(25)18(2)3;/h13-16,18,22H,4-12,17,25H2,1-3H3,(H,26,29);1H/t22-;/m0./s1. The van der Waals surface area contributed by atoms with Crippen LogP contribution in [0.1, 0.15) is 83.6 Å². The molecule has 0 radical (unpaired) electrons. The van der Waals surface area contributed by atoms with Gasteiger partial charge in [-0.3, -0.25) is 4.79 Å². The van der Waals surface area contributed by atoms with Crippen LogP contribution in [0.5, 0.6) is 0 Å². The number of carbonyl (C=O) groups is 1. The summed E-state index contributed by atoms with van der Waals surface area (Å²) in [4.78, 5) is 16.3. The molecule has 0 saturated carbocycles. The lowest BCUT2D eigenvalue weighted by atomic mass is 10.0. The Bertz CT molecular complexity index is 746. The number of rotatable bonds is 14. The first-order valence-corrected chi connectivity index (χ1v) is 11.5. The molecule has 0 saturated heterocycles. The maximum absolute atomic E-state index is 11.9. The minimum Gasteiger partial charge on any atom is -0.346 e. The molecule has 2 aromatic rings. The number of halogens is 1. The van der Waals surface area contributed by atoms with E-state index in [1.165, 1.54) is 56.9 Å². The van der Waals surface area contributed by atoms with E-state index in [9.17, 15) is 4.79 Å².